The molecule has 0 aromatic rings. The zero-order valence-electron chi connectivity index (χ0n) is 8.82. The van der Waals surface area contributed by atoms with Crippen molar-refractivity contribution in [3.8, 4) is 0 Å². The Morgan fingerprint density at radius 3 is 2.47 bits per heavy atom. The lowest BCUT2D eigenvalue weighted by atomic mass is 10.3. The van der Waals surface area contributed by atoms with E-state index in [2.05, 4.69) is 0 Å². The van der Waals surface area contributed by atoms with Crippen LogP contribution in [0.15, 0.2) is 0 Å². The van der Waals surface area contributed by atoms with Crippen LogP contribution in [-0.4, -0.2) is 35.8 Å². The van der Waals surface area contributed by atoms with E-state index in [1.54, 1.807) is 0 Å². The third-order valence-electron chi connectivity index (χ3n) is 2.19. The summed E-state index contributed by atoms with van der Waals surface area (Å²) in [6.07, 6.45) is 1.67. The highest BCUT2D eigenvalue weighted by Gasteiger charge is 2.28. The molecule has 0 spiro atoms. The van der Waals surface area contributed by atoms with Gasteiger partial charge in [-0.25, -0.2) is 0 Å². The lowest BCUT2D eigenvalue weighted by molar-refractivity contribution is -0.148. The average Bonchev–Trinajstić information content (AvgIpc) is 2.49. The molecule has 0 aliphatic carbocycles. The fourth-order valence-corrected chi connectivity index (χ4v) is 1.40. The van der Waals surface area contributed by atoms with Crippen molar-refractivity contribution in [3.05, 3.63) is 0 Å². The van der Waals surface area contributed by atoms with Gasteiger partial charge in [0, 0.05) is 19.3 Å². The van der Waals surface area contributed by atoms with Gasteiger partial charge in [0.2, 0.25) is 11.8 Å². The summed E-state index contributed by atoms with van der Waals surface area (Å²) in [6.45, 7) is 2.18. The van der Waals surface area contributed by atoms with Crippen molar-refractivity contribution in [1.29, 1.82) is 0 Å². The number of imide groups is 1. The van der Waals surface area contributed by atoms with Crippen molar-refractivity contribution in [1.82, 2.24) is 4.90 Å². The van der Waals surface area contributed by atoms with Gasteiger partial charge in [0.05, 0.1) is 6.54 Å². The molecule has 0 bridgehead atoms. The van der Waals surface area contributed by atoms with E-state index in [0.29, 0.717) is 6.42 Å². The van der Waals surface area contributed by atoms with E-state index >= 15 is 0 Å². The SMILES string of the molecule is CCCC(=O)OCCN1C(=O)CCC1=O. The van der Waals surface area contributed by atoms with Crippen LogP contribution in [0.2, 0.25) is 0 Å². The van der Waals surface area contributed by atoms with Gasteiger partial charge in [-0.15, -0.1) is 0 Å². The minimum Gasteiger partial charge on any atom is -0.464 e. The summed E-state index contributed by atoms with van der Waals surface area (Å²) in [6, 6.07) is 0. The van der Waals surface area contributed by atoms with E-state index in [-0.39, 0.29) is 43.8 Å². The number of ether oxygens (including phenoxy) is 1. The highest BCUT2D eigenvalue weighted by Crippen LogP contribution is 2.10. The number of hydrogen-bond donors (Lipinski definition) is 0. The third kappa shape index (κ3) is 3.34. The molecule has 5 heteroatoms. The normalized spacial score (nSPS) is 15.9. The molecule has 0 aromatic carbocycles. The number of rotatable bonds is 5. The Kier molecular flexibility index (Phi) is 4.27. The molecular formula is C10H15NO4. The number of carbonyl (C=O) groups excluding carboxylic acids is 3. The van der Waals surface area contributed by atoms with Gasteiger partial charge < -0.3 is 4.74 Å². The Morgan fingerprint density at radius 2 is 1.93 bits per heavy atom. The fraction of sp³-hybridized carbons (Fsp3) is 0.700. The van der Waals surface area contributed by atoms with Crippen LogP contribution < -0.4 is 0 Å². The van der Waals surface area contributed by atoms with Crippen LogP contribution >= 0.6 is 0 Å². The molecule has 0 saturated carbocycles. The Hall–Kier alpha value is -1.39. The van der Waals surface area contributed by atoms with Crippen LogP contribution in [0, 0.1) is 0 Å². The van der Waals surface area contributed by atoms with Crippen LogP contribution in [0.5, 0.6) is 0 Å². The first-order chi connectivity index (χ1) is 7.15. The molecule has 0 unspecified atom stereocenters. The Bertz CT molecular complexity index is 259. The second-order valence-electron chi connectivity index (χ2n) is 3.41. The summed E-state index contributed by atoms with van der Waals surface area (Å²) in [5, 5.41) is 0. The minimum atomic E-state index is -0.281. The molecule has 1 aliphatic rings. The van der Waals surface area contributed by atoms with Gasteiger partial charge >= 0.3 is 5.97 Å². The zero-order valence-corrected chi connectivity index (χ0v) is 8.82. The maximum Gasteiger partial charge on any atom is 0.305 e. The third-order valence-corrected chi connectivity index (χ3v) is 2.19. The summed E-state index contributed by atoms with van der Waals surface area (Å²) < 4.78 is 4.86. The monoisotopic (exact) mass is 213 g/mol. The number of amides is 2. The highest BCUT2D eigenvalue weighted by atomic mass is 16.5. The molecule has 1 heterocycles. The van der Waals surface area contributed by atoms with Crippen molar-refractivity contribution >= 4 is 17.8 Å². The van der Waals surface area contributed by atoms with Gasteiger partial charge in [-0.3, -0.25) is 19.3 Å². The van der Waals surface area contributed by atoms with Gasteiger partial charge in [0.15, 0.2) is 0 Å². The number of nitrogens with zero attached hydrogens (tertiary/aromatic N) is 1. The van der Waals surface area contributed by atoms with Crippen molar-refractivity contribution in [2.75, 3.05) is 13.2 Å². The van der Waals surface area contributed by atoms with Gasteiger partial charge in [0.1, 0.15) is 6.61 Å². The van der Waals surface area contributed by atoms with Crippen molar-refractivity contribution in [2.45, 2.75) is 32.6 Å². The fourth-order valence-electron chi connectivity index (χ4n) is 1.40. The van der Waals surface area contributed by atoms with Gasteiger partial charge in [-0.1, -0.05) is 6.92 Å². The number of hydrogen-bond acceptors (Lipinski definition) is 4. The highest BCUT2D eigenvalue weighted by molar-refractivity contribution is 6.01. The predicted octanol–water partition coefficient (Wildman–Crippen LogP) is 0.479. The standard InChI is InChI=1S/C10H15NO4/c1-2-3-10(14)15-7-6-11-8(12)4-5-9(11)13/h2-7H2,1H3. The van der Waals surface area contributed by atoms with E-state index in [0.717, 1.165) is 11.3 Å². The second-order valence-corrected chi connectivity index (χ2v) is 3.41. The van der Waals surface area contributed by atoms with Crippen molar-refractivity contribution in [2.24, 2.45) is 0 Å². The average molecular weight is 213 g/mol. The van der Waals surface area contributed by atoms with Crippen LogP contribution in [-0.2, 0) is 19.1 Å². The topological polar surface area (TPSA) is 63.7 Å². The van der Waals surface area contributed by atoms with Crippen LogP contribution in [0.1, 0.15) is 32.6 Å². The van der Waals surface area contributed by atoms with Crippen LogP contribution in [0.4, 0.5) is 0 Å². The predicted molar refractivity (Wildman–Crippen MR) is 51.8 cm³/mol. The van der Waals surface area contributed by atoms with Gasteiger partial charge in [-0.2, -0.15) is 0 Å². The van der Waals surface area contributed by atoms with E-state index in [9.17, 15) is 14.4 Å². The first kappa shape index (κ1) is 11.7. The Morgan fingerprint density at radius 1 is 1.33 bits per heavy atom. The molecule has 1 saturated heterocycles. The Balaban J connectivity index is 2.22. The smallest absolute Gasteiger partial charge is 0.305 e. The molecule has 84 valence electrons. The molecule has 1 rings (SSSR count). The summed E-state index contributed by atoms with van der Waals surface area (Å²) in [4.78, 5) is 34.4. The zero-order chi connectivity index (χ0) is 11.3. The molecule has 1 aliphatic heterocycles. The minimum absolute atomic E-state index is 0.107. The molecule has 5 nitrogen and oxygen atoms in total. The summed E-state index contributed by atoms with van der Waals surface area (Å²) in [5.74, 6) is -0.630. The lowest BCUT2D eigenvalue weighted by Crippen LogP contribution is -2.32. The van der Waals surface area contributed by atoms with Crippen LogP contribution in [0.25, 0.3) is 0 Å². The van der Waals surface area contributed by atoms with Crippen molar-refractivity contribution < 1.29 is 19.1 Å². The molecule has 2 amide bonds. The second kappa shape index (κ2) is 5.48. The number of likely N-dealkylation sites (tertiary alicyclic amines) is 1. The molecule has 0 radical (unpaired) electrons. The quantitative estimate of drug-likeness (QED) is 0.492. The lowest BCUT2D eigenvalue weighted by Gasteiger charge is -2.13. The maximum absolute atomic E-state index is 11.2. The molecule has 15 heavy (non-hydrogen) atoms. The first-order valence-electron chi connectivity index (χ1n) is 5.14. The maximum atomic E-state index is 11.2. The van der Waals surface area contributed by atoms with Gasteiger partial charge in [-0.05, 0) is 6.42 Å². The molecular weight excluding hydrogens is 198 g/mol. The summed E-state index contributed by atoms with van der Waals surface area (Å²) in [5.41, 5.74) is 0. The number of carbonyl (C=O) groups is 3. The van der Waals surface area contributed by atoms with E-state index in [4.69, 9.17) is 4.74 Å². The number of esters is 1. The van der Waals surface area contributed by atoms with Gasteiger partial charge in [0.25, 0.3) is 0 Å². The molecule has 0 aromatic heterocycles. The molecule has 0 N–H and O–H groups in total. The van der Waals surface area contributed by atoms with E-state index < -0.39 is 0 Å². The molecule has 0 atom stereocenters. The first-order valence-corrected chi connectivity index (χ1v) is 5.14. The van der Waals surface area contributed by atoms with Crippen LogP contribution in [0.3, 0.4) is 0 Å². The van der Waals surface area contributed by atoms with Crippen molar-refractivity contribution in [3.63, 3.8) is 0 Å². The summed E-state index contributed by atoms with van der Waals surface area (Å²) in [7, 11) is 0. The molecule has 1 fully saturated rings. The van der Waals surface area contributed by atoms with E-state index in [1.165, 1.54) is 0 Å². The van der Waals surface area contributed by atoms with E-state index in [1.807, 2.05) is 6.92 Å². The summed E-state index contributed by atoms with van der Waals surface area (Å²) >= 11 is 0. The Labute approximate surface area is 88.4 Å². The largest absolute Gasteiger partial charge is 0.464 e.